The van der Waals surface area contributed by atoms with E-state index in [1.807, 2.05) is 0 Å². The standard InChI is InChI=1S/C24H27.C19H21Si.C2H7Si.2ClH.Zr/c1-17(2)18-11-13-20(14-12-18)23-10-6-9-21-15-22(16-24(21)23)19-7-4-3-5-8-19;1-14-12-16-6-5-7-18(19(16)13-14)15-8-10-17(11-9-15)20(2,3)4;1-3-2;;;/h6,9-17,19H,3-5,7-8H2,1-2H3;5-13H,1-4H3;3H,1-2H3;2*1H;/q;;;;;+2/p-2. The molecule has 0 saturated heterocycles. The number of hydrogen-bond donors (Lipinski definition) is 0. The van der Waals surface area contributed by atoms with E-state index in [1.165, 1.54) is 92.9 Å². The molecule has 0 bridgehead atoms. The summed E-state index contributed by atoms with van der Waals surface area (Å²) in [5.74, 6) is -0.563. The van der Waals surface area contributed by atoms with Crippen LogP contribution >= 0.6 is 17.0 Å². The summed E-state index contributed by atoms with van der Waals surface area (Å²) in [7, 11) is 16.2. The summed E-state index contributed by atoms with van der Waals surface area (Å²) in [6.07, 6.45) is 11.5. The minimum atomic E-state index is -4.85. The van der Waals surface area contributed by atoms with Gasteiger partial charge < -0.3 is 0 Å². The Labute approximate surface area is 312 Å². The molecule has 50 heavy (non-hydrogen) atoms. The first-order valence-electron chi connectivity index (χ1n) is 19.1. The van der Waals surface area contributed by atoms with E-state index in [9.17, 15) is 0 Å². The molecule has 3 aliphatic rings. The van der Waals surface area contributed by atoms with Crippen molar-refractivity contribution in [1.82, 2.24) is 0 Å². The van der Waals surface area contributed by atoms with Gasteiger partial charge in [-0.3, -0.25) is 0 Å². The van der Waals surface area contributed by atoms with Gasteiger partial charge in [0.15, 0.2) is 0 Å². The monoisotopic (exact) mass is 811 g/mol. The summed E-state index contributed by atoms with van der Waals surface area (Å²) in [6.45, 7) is 19.1. The van der Waals surface area contributed by atoms with Crippen LogP contribution in [0.15, 0.2) is 96.1 Å². The van der Waals surface area contributed by atoms with Crippen molar-refractivity contribution in [3.63, 3.8) is 0 Å². The first kappa shape index (κ1) is 36.6. The molecule has 0 N–H and O–H groups in total. The Bertz CT molecular complexity index is 1970. The second kappa shape index (κ2) is 13.6. The maximum atomic E-state index is 8.79. The van der Waals surface area contributed by atoms with Gasteiger partial charge in [0.05, 0.1) is 0 Å². The van der Waals surface area contributed by atoms with Gasteiger partial charge in [-0.1, -0.05) is 0 Å². The fourth-order valence-corrected chi connectivity index (χ4v) is 42.8. The topological polar surface area (TPSA) is 0 Å². The summed E-state index contributed by atoms with van der Waals surface area (Å²) < 4.78 is 0.248. The Kier molecular flexibility index (Phi) is 9.95. The minimum absolute atomic E-state index is 0.111. The Morgan fingerprint density at radius 1 is 0.680 bits per heavy atom. The molecule has 261 valence electrons. The third-order valence-corrected chi connectivity index (χ3v) is 66.6. The van der Waals surface area contributed by atoms with Gasteiger partial charge in [0, 0.05) is 0 Å². The van der Waals surface area contributed by atoms with Crippen LogP contribution in [0.1, 0.15) is 93.9 Å². The molecule has 2 atom stereocenters. The Balaban J connectivity index is 1.40. The van der Waals surface area contributed by atoms with Crippen LogP contribution in [0.2, 0.25) is 32.7 Å². The molecule has 5 heteroatoms. The molecule has 1 saturated carbocycles. The molecule has 0 radical (unpaired) electrons. The van der Waals surface area contributed by atoms with E-state index in [4.69, 9.17) is 17.0 Å². The van der Waals surface area contributed by atoms with Crippen LogP contribution in [0.5, 0.6) is 0 Å². The molecule has 0 aliphatic heterocycles. The van der Waals surface area contributed by atoms with Crippen molar-refractivity contribution in [3.8, 4) is 22.3 Å². The summed E-state index contributed by atoms with van der Waals surface area (Å²) in [5, 5.41) is 1.50. The molecule has 7 rings (SSSR count). The SMILES string of the molecule is CC1=Cc2c(-c3ccc([Si](C)(C)C)cc3)cccc2[CH]1[Zr]([Cl])([Cl])([CH]1C(C2CCCCC2)=Cc2c(-c3ccc(C(C)C)cc3)cccc21)[SiH](C)C. The molecular weight excluding hydrogens is 759 g/mol. The zero-order chi connectivity index (χ0) is 35.6. The van der Waals surface area contributed by atoms with Crippen LogP contribution in [0.3, 0.4) is 0 Å². The van der Waals surface area contributed by atoms with Crippen LogP contribution in [-0.2, 0) is 15.6 Å². The number of fused-ring (bicyclic) bond motifs is 2. The van der Waals surface area contributed by atoms with Gasteiger partial charge in [-0.05, 0) is 0 Å². The van der Waals surface area contributed by atoms with Gasteiger partial charge in [-0.15, -0.1) is 0 Å². The second-order valence-corrected chi connectivity index (χ2v) is 64.9. The summed E-state index contributed by atoms with van der Waals surface area (Å²) in [4.78, 5) is 0. The summed E-state index contributed by atoms with van der Waals surface area (Å²) in [5.41, 5.74) is 15.0. The van der Waals surface area contributed by atoms with Crippen LogP contribution in [0, 0.1) is 5.92 Å². The maximum absolute atomic E-state index is 8.79. The normalized spacial score (nSPS) is 20.4. The zero-order valence-corrected chi connectivity index (χ0v) is 37.5. The predicted octanol–water partition coefficient (Wildman–Crippen LogP) is 13.8. The number of allylic oxidation sites excluding steroid dienone is 2. The van der Waals surface area contributed by atoms with Gasteiger partial charge in [0.25, 0.3) is 0 Å². The van der Waals surface area contributed by atoms with Gasteiger partial charge in [-0.25, -0.2) is 0 Å². The third-order valence-electron chi connectivity index (χ3n) is 12.6. The molecule has 2 unspecified atom stereocenters. The fraction of sp³-hybridized carbons (Fsp3) is 0.378. The molecule has 0 nitrogen and oxygen atoms in total. The molecule has 4 aromatic carbocycles. The number of hydrogen-bond acceptors (Lipinski definition) is 0. The first-order chi connectivity index (χ1) is 23.7. The van der Waals surface area contributed by atoms with Crippen molar-refractivity contribution in [2.24, 2.45) is 5.92 Å². The van der Waals surface area contributed by atoms with E-state index in [1.54, 1.807) is 5.57 Å². The molecule has 0 amide bonds. The second-order valence-electron chi connectivity index (χ2n) is 17.3. The molecule has 4 aromatic rings. The van der Waals surface area contributed by atoms with Crippen molar-refractivity contribution in [1.29, 1.82) is 0 Å². The van der Waals surface area contributed by atoms with Gasteiger partial charge in [0.1, 0.15) is 0 Å². The Morgan fingerprint density at radius 2 is 1.20 bits per heavy atom. The van der Waals surface area contributed by atoms with Crippen molar-refractivity contribution in [3.05, 3.63) is 124 Å². The zero-order valence-electron chi connectivity index (χ0n) is 31.4. The van der Waals surface area contributed by atoms with Crippen molar-refractivity contribution in [2.45, 2.75) is 98.8 Å². The number of rotatable bonds is 8. The molecule has 0 spiro atoms. The third kappa shape index (κ3) is 6.14. The van der Waals surface area contributed by atoms with Crippen molar-refractivity contribution >= 4 is 48.4 Å². The van der Waals surface area contributed by atoms with Crippen LogP contribution in [-0.4, -0.2) is 14.0 Å². The van der Waals surface area contributed by atoms with Crippen LogP contribution in [0.25, 0.3) is 34.4 Å². The van der Waals surface area contributed by atoms with Crippen LogP contribution in [0.4, 0.5) is 0 Å². The Hall–Kier alpha value is -1.74. The molecular formula is C45H55Cl2Si2Zr. The van der Waals surface area contributed by atoms with Crippen LogP contribution < -0.4 is 5.19 Å². The molecule has 0 heterocycles. The van der Waals surface area contributed by atoms with E-state index in [0.29, 0.717) is 11.8 Å². The van der Waals surface area contributed by atoms with E-state index in [2.05, 4.69) is 151 Å². The number of benzene rings is 4. The van der Waals surface area contributed by atoms with E-state index < -0.39 is 29.6 Å². The van der Waals surface area contributed by atoms with E-state index in [0.717, 1.165) is 0 Å². The summed E-state index contributed by atoms with van der Waals surface area (Å²) >= 11 is -4.85. The first-order valence-corrected chi connectivity index (χ1v) is 39.0. The fourth-order valence-electron chi connectivity index (χ4n) is 9.65. The Morgan fingerprint density at radius 3 is 1.72 bits per heavy atom. The quantitative estimate of drug-likeness (QED) is 0.156. The molecule has 0 aromatic heterocycles. The van der Waals surface area contributed by atoms with Crippen molar-refractivity contribution in [2.75, 3.05) is 0 Å². The van der Waals surface area contributed by atoms with E-state index in [-0.39, 0.29) is 7.25 Å². The van der Waals surface area contributed by atoms with Gasteiger partial charge >= 0.3 is 315 Å². The molecule has 1 fully saturated rings. The van der Waals surface area contributed by atoms with E-state index >= 15 is 0 Å². The van der Waals surface area contributed by atoms with Gasteiger partial charge in [-0.2, -0.15) is 0 Å². The average Bonchev–Trinajstić information content (AvgIpc) is 3.67. The van der Waals surface area contributed by atoms with Crippen molar-refractivity contribution < 1.29 is 15.6 Å². The molecule has 3 aliphatic carbocycles. The van der Waals surface area contributed by atoms with Gasteiger partial charge in [0.2, 0.25) is 0 Å². The number of halogens is 2. The predicted molar refractivity (Wildman–Crippen MR) is 225 cm³/mol. The average molecular weight is 814 g/mol. The summed E-state index contributed by atoms with van der Waals surface area (Å²) in [6, 6.07) is 32.7.